The number of rotatable bonds is 4. The molecule has 106 valence electrons. The predicted octanol–water partition coefficient (Wildman–Crippen LogP) is 0.870. The van der Waals surface area contributed by atoms with Crippen molar-refractivity contribution < 1.29 is 19.1 Å². The Kier molecular flexibility index (Phi) is 3.56. The number of nitrogens with zero attached hydrogens (tertiary/aromatic N) is 1. The van der Waals surface area contributed by atoms with Crippen LogP contribution in [-0.2, 0) is 20.9 Å². The van der Waals surface area contributed by atoms with Crippen molar-refractivity contribution in [1.29, 1.82) is 0 Å². The van der Waals surface area contributed by atoms with Crippen molar-refractivity contribution in [2.45, 2.75) is 25.4 Å². The fourth-order valence-corrected chi connectivity index (χ4v) is 2.33. The average Bonchev–Trinajstić information content (AvgIpc) is 2.81. The van der Waals surface area contributed by atoms with Gasteiger partial charge in [0, 0.05) is 6.54 Å². The molecule has 1 aromatic carbocycles. The van der Waals surface area contributed by atoms with E-state index in [0.29, 0.717) is 19.5 Å². The number of hydrogen-bond donors (Lipinski definition) is 1. The van der Waals surface area contributed by atoms with Crippen LogP contribution in [0.25, 0.3) is 0 Å². The molecule has 0 saturated carbocycles. The smallest absolute Gasteiger partial charge is 0.407 e. The maximum absolute atomic E-state index is 11.5. The summed E-state index contributed by atoms with van der Waals surface area (Å²) >= 11 is 0. The van der Waals surface area contributed by atoms with Crippen LogP contribution >= 0.6 is 0 Å². The van der Waals surface area contributed by atoms with Crippen molar-refractivity contribution in [3.05, 3.63) is 35.9 Å². The van der Waals surface area contributed by atoms with Crippen molar-refractivity contribution in [2.75, 3.05) is 13.1 Å². The molecule has 0 spiro atoms. The van der Waals surface area contributed by atoms with Crippen molar-refractivity contribution in [3.8, 4) is 0 Å². The molecule has 2 unspecified atom stereocenters. The molecule has 2 saturated heterocycles. The first-order chi connectivity index (χ1) is 9.72. The monoisotopic (exact) mass is 276 g/mol. The Morgan fingerprint density at radius 1 is 1.40 bits per heavy atom. The van der Waals surface area contributed by atoms with Crippen LogP contribution in [-0.4, -0.2) is 42.3 Å². The maximum Gasteiger partial charge on any atom is 0.407 e. The minimum Gasteiger partial charge on any atom is -0.445 e. The summed E-state index contributed by atoms with van der Waals surface area (Å²) in [6.45, 7) is 1.14. The van der Waals surface area contributed by atoms with E-state index in [9.17, 15) is 9.59 Å². The number of ether oxygens (including phenoxy) is 2. The molecule has 0 radical (unpaired) electrons. The Balaban J connectivity index is 1.36. The van der Waals surface area contributed by atoms with Gasteiger partial charge in [0.05, 0.1) is 19.1 Å². The lowest BCUT2D eigenvalue weighted by molar-refractivity contribution is -0.156. The molecule has 2 aliphatic rings. The largest absolute Gasteiger partial charge is 0.445 e. The lowest BCUT2D eigenvalue weighted by atomic mass is 10.2. The highest BCUT2D eigenvalue weighted by atomic mass is 16.6. The Hall–Kier alpha value is -2.08. The van der Waals surface area contributed by atoms with Gasteiger partial charge in [-0.25, -0.2) is 4.79 Å². The van der Waals surface area contributed by atoms with Crippen molar-refractivity contribution in [3.63, 3.8) is 0 Å². The second-order valence-corrected chi connectivity index (χ2v) is 4.91. The van der Waals surface area contributed by atoms with Crippen LogP contribution in [0.2, 0.25) is 0 Å². The molecular weight excluding hydrogens is 260 g/mol. The summed E-state index contributed by atoms with van der Waals surface area (Å²) in [7, 11) is 0. The summed E-state index contributed by atoms with van der Waals surface area (Å²) in [6.07, 6.45) is -0.252. The highest BCUT2D eigenvalue weighted by molar-refractivity contribution is 5.83. The number of nitrogens with one attached hydrogen (secondary N) is 1. The van der Waals surface area contributed by atoms with Gasteiger partial charge >= 0.3 is 6.09 Å². The van der Waals surface area contributed by atoms with Crippen LogP contribution < -0.4 is 5.32 Å². The highest BCUT2D eigenvalue weighted by Gasteiger charge is 2.45. The van der Waals surface area contributed by atoms with Gasteiger partial charge in [0.25, 0.3) is 0 Å². The number of carbonyl (C=O) groups excluding carboxylic acids is 2. The zero-order chi connectivity index (χ0) is 13.9. The summed E-state index contributed by atoms with van der Waals surface area (Å²) in [4.78, 5) is 24.4. The summed E-state index contributed by atoms with van der Waals surface area (Å²) in [6, 6.07) is 9.48. The van der Waals surface area contributed by atoms with E-state index in [-0.39, 0.29) is 24.8 Å². The number of hydrogen-bond acceptors (Lipinski definition) is 4. The Bertz CT molecular complexity index is 505. The number of amides is 2. The molecule has 2 fully saturated rings. The van der Waals surface area contributed by atoms with Crippen molar-refractivity contribution in [1.82, 2.24) is 10.2 Å². The van der Waals surface area contributed by atoms with E-state index in [1.165, 1.54) is 0 Å². The van der Waals surface area contributed by atoms with Crippen LogP contribution in [0.15, 0.2) is 30.3 Å². The SMILES string of the molecule is O=C(NCC1CN2C(=O)CC2O1)OCc1ccccc1. The number of alkyl carbamates (subject to hydrolysis) is 1. The molecule has 20 heavy (non-hydrogen) atoms. The molecule has 6 nitrogen and oxygen atoms in total. The molecular formula is C14H16N2O4. The Labute approximate surface area is 116 Å². The zero-order valence-corrected chi connectivity index (χ0v) is 11.0. The Morgan fingerprint density at radius 2 is 2.20 bits per heavy atom. The number of β-lactam (4-membered cyclic amide) rings is 1. The number of fused-ring (bicyclic) bond motifs is 1. The van der Waals surface area contributed by atoms with Crippen LogP contribution in [0, 0.1) is 0 Å². The summed E-state index contributed by atoms with van der Waals surface area (Å²) < 4.78 is 10.7. The fourth-order valence-electron chi connectivity index (χ4n) is 2.33. The van der Waals surface area contributed by atoms with Crippen LogP contribution in [0.5, 0.6) is 0 Å². The average molecular weight is 276 g/mol. The van der Waals surface area contributed by atoms with Gasteiger partial charge in [-0.1, -0.05) is 30.3 Å². The topological polar surface area (TPSA) is 67.9 Å². The molecule has 3 rings (SSSR count). The number of carbonyl (C=O) groups is 2. The Morgan fingerprint density at radius 3 is 2.90 bits per heavy atom. The quantitative estimate of drug-likeness (QED) is 0.829. The van der Waals surface area contributed by atoms with Gasteiger partial charge in [-0.15, -0.1) is 0 Å². The minimum absolute atomic E-state index is 0.0883. The highest BCUT2D eigenvalue weighted by Crippen LogP contribution is 2.28. The third-order valence-electron chi connectivity index (χ3n) is 3.45. The first-order valence-electron chi connectivity index (χ1n) is 6.62. The van der Waals surface area contributed by atoms with Crippen LogP contribution in [0.4, 0.5) is 4.79 Å². The van der Waals surface area contributed by atoms with E-state index in [4.69, 9.17) is 9.47 Å². The molecule has 0 aromatic heterocycles. The third kappa shape index (κ3) is 2.75. The molecule has 0 aliphatic carbocycles. The lowest BCUT2D eigenvalue weighted by Gasteiger charge is -2.31. The zero-order valence-electron chi connectivity index (χ0n) is 11.0. The van der Waals surface area contributed by atoms with Gasteiger partial charge in [0.2, 0.25) is 5.91 Å². The number of benzene rings is 1. The van der Waals surface area contributed by atoms with E-state index in [1.54, 1.807) is 4.90 Å². The molecule has 0 bridgehead atoms. The summed E-state index contributed by atoms with van der Waals surface area (Å²) in [5, 5.41) is 2.65. The second-order valence-electron chi connectivity index (χ2n) is 4.91. The van der Waals surface area contributed by atoms with E-state index in [2.05, 4.69) is 5.32 Å². The van der Waals surface area contributed by atoms with E-state index in [1.807, 2.05) is 30.3 Å². The molecule has 1 aromatic rings. The van der Waals surface area contributed by atoms with Gasteiger partial charge in [0.15, 0.2) is 0 Å². The van der Waals surface area contributed by atoms with Crippen LogP contribution in [0.1, 0.15) is 12.0 Å². The second kappa shape index (κ2) is 5.50. The fraction of sp³-hybridized carbons (Fsp3) is 0.429. The normalized spacial score (nSPS) is 24.0. The molecule has 6 heteroatoms. The van der Waals surface area contributed by atoms with Gasteiger partial charge in [0.1, 0.15) is 12.8 Å². The molecule has 2 atom stereocenters. The van der Waals surface area contributed by atoms with E-state index < -0.39 is 6.09 Å². The molecule has 2 amide bonds. The first kappa shape index (κ1) is 12.9. The summed E-state index contributed by atoms with van der Waals surface area (Å²) in [5.41, 5.74) is 0.939. The molecule has 1 N–H and O–H groups in total. The maximum atomic E-state index is 11.5. The minimum atomic E-state index is -0.474. The van der Waals surface area contributed by atoms with Gasteiger partial charge in [-0.05, 0) is 5.56 Å². The third-order valence-corrected chi connectivity index (χ3v) is 3.45. The van der Waals surface area contributed by atoms with Gasteiger partial charge in [-0.2, -0.15) is 0 Å². The first-order valence-corrected chi connectivity index (χ1v) is 6.62. The van der Waals surface area contributed by atoms with E-state index in [0.717, 1.165) is 5.56 Å². The summed E-state index contributed by atoms with van der Waals surface area (Å²) in [5.74, 6) is 0.115. The standard InChI is InChI=1S/C14H16N2O4/c17-12-6-13-16(12)8-11(20-13)7-15-14(18)19-9-10-4-2-1-3-5-10/h1-5,11,13H,6-9H2,(H,15,18). The van der Waals surface area contributed by atoms with Crippen molar-refractivity contribution in [2.24, 2.45) is 0 Å². The van der Waals surface area contributed by atoms with Gasteiger partial charge in [-0.3, -0.25) is 4.79 Å². The van der Waals surface area contributed by atoms with E-state index >= 15 is 0 Å². The molecule has 2 heterocycles. The van der Waals surface area contributed by atoms with Gasteiger partial charge < -0.3 is 19.7 Å². The lowest BCUT2D eigenvalue weighted by Crippen LogP contribution is -2.48. The van der Waals surface area contributed by atoms with Crippen molar-refractivity contribution >= 4 is 12.0 Å². The van der Waals surface area contributed by atoms with Crippen LogP contribution in [0.3, 0.4) is 0 Å². The molecule has 2 aliphatic heterocycles. The predicted molar refractivity (Wildman–Crippen MR) is 69.6 cm³/mol.